The third-order valence-corrected chi connectivity index (χ3v) is 4.82. The zero-order valence-electron chi connectivity index (χ0n) is 12.1. The first kappa shape index (κ1) is 14.5. The Labute approximate surface area is 136 Å². The number of thioether (sulfide) groups is 1. The number of hydrogen-bond donors (Lipinski definition) is 0. The van der Waals surface area contributed by atoms with Gasteiger partial charge in [-0.3, -0.25) is 4.40 Å². The van der Waals surface area contributed by atoms with Gasteiger partial charge in [-0.05, 0) is 54.9 Å². The quantitative estimate of drug-likeness (QED) is 0.519. The van der Waals surface area contributed by atoms with Crippen molar-refractivity contribution in [3.8, 4) is 0 Å². The van der Waals surface area contributed by atoms with E-state index in [1.54, 1.807) is 11.8 Å². The van der Waals surface area contributed by atoms with Crippen LogP contribution in [0, 0.1) is 20.8 Å². The van der Waals surface area contributed by atoms with Crippen molar-refractivity contribution in [1.29, 1.82) is 0 Å². The summed E-state index contributed by atoms with van der Waals surface area (Å²) in [6, 6.07) is 8.09. The molecule has 0 amide bonds. The summed E-state index contributed by atoms with van der Waals surface area (Å²) >= 11 is 5.26. The fraction of sp³-hybridized carbons (Fsp3) is 0.267. The topological polar surface area (TPSA) is 43.1 Å². The largest absolute Gasteiger partial charge is 0.291 e. The van der Waals surface area contributed by atoms with E-state index in [0.29, 0.717) is 0 Å². The first-order valence-corrected chi connectivity index (χ1v) is 8.40. The summed E-state index contributed by atoms with van der Waals surface area (Å²) < 4.78 is 3.12. The van der Waals surface area contributed by atoms with Crippen LogP contribution in [-0.2, 0) is 5.75 Å². The lowest BCUT2D eigenvalue weighted by Gasteiger charge is -2.02. The van der Waals surface area contributed by atoms with E-state index >= 15 is 0 Å². The number of nitrogens with zero attached hydrogens (tertiary/aromatic N) is 4. The van der Waals surface area contributed by atoms with Crippen LogP contribution >= 0.6 is 27.7 Å². The summed E-state index contributed by atoms with van der Waals surface area (Å²) in [4.78, 5) is 13.6. The number of imidazole rings is 1. The molecule has 0 aliphatic carbocycles. The van der Waals surface area contributed by atoms with Crippen LogP contribution in [0.1, 0.15) is 22.8 Å². The van der Waals surface area contributed by atoms with Crippen LogP contribution < -0.4 is 0 Å². The molecule has 3 aromatic heterocycles. The Morgan fingerprint density at radius 1 is 1.10 bits per heavy atom. The molecule has 21 heavy (non-hydrogen) atoms. The van der Waals surface area contributed by atoms with Gasteiger partial charge in [0, 0.05) is 22.8 Å². The predicted octanol–water partition coefficient (Wildman–Crippen LogP) is 4.10. The minimum absolute atomic E-state index is 0.741. The fourth-order valence-corrected chi connectivity index (χ4v) is 4.00. The van der Waals surface area contributed by atoms with E-state index < -0.39 is 0 Å². The first-order valence-electron chi connectivity index (χ1n) is 6.62. The number of rotatable bonds is 3. The lowest BCUT2D eigenvalue weighted by molar-refractivity contribution is 0.901. The van der Waals surface area contributed by atoms with E-state index in [0.717, 1.165) is 43.9 Å². The van der Waals surface area contributed by atoms with Crippen molar-refractivity contribution in [2.75, 3.05) is 0 Å². The fourth-order valence-electron chi connectivity index (χ4n) is 2.24. The van der Waals surface area contributed by atoms with Crippen molar-refractivity contribution in [2.45, 2.75) is 31.7 Å². The normalized spacial score (nSPS) is 11.2. The van der Waals surface area contributed by atoms with Crippen molar-refractivity contribution < 1.29 is 0 Å². The Hall–Kier alpha value is -1.40. The monoisotopic (exact) mass is 362 g/mol. The number of hydrogen-bond acceptors (Lipinski definition) is 4. The molecule has 0 saturated carbocycles. The Morgan fingerprint density at radius 2 is 1.81 bits per heavy atom. The summed E-state index contributed by atoms with van der Waals surface area (Å²) in [6.45, 7) is 6.05. The van der Waals surface area contributed by atoms with Gasteiger partial charge in [-0.25, -0.2) is 15.0 Å². The van der Waals surface area contributed by atoms with Crippen LogP contribution in [0.25, 0.3) is 5.65 Å². The highest BCUT2D eigenvalue weighted by Crippen LogP contribution is 2.26. The van der Waals surface area contributed by atoms with Gasteiger partial charge in [-0.1, -0.05) is 17.8 Å². The molecule has 3 aromatic rings. The van der Waals surface area contributed by atoms with Crippen LogP contribution in [0.3, 0.4) is 0 Å². The summed E-state index contributed by atoms with van der Waals surface area (Å²) in [6.07, 6.45) is 0. The second kappa shape index (κ2) is 5.77. The second-order valence-electron chi connectivity index (χ2n) is 4.93. The Balaban J connectivity index is 1.88. The molecule has 6 heteroatoms. The van der Waals surface area contributed by atoms with Gasteiger partial charge in [0.25, 0.3) is 0 Å². The highest BCUT2D eigenvalue weighted by Gasteiger charge is 2.12. The van der Waals surface area contributed by atoms with E-state index in [4.69, 9.17) is 0 Å². The molecule has 108 valence electrons. The van der Waals surface area contributed by atoms with Gasteiger partial charge in [-0.15, -0.1) is 0 Å². The van der Waals surface area contributed by atoms with Gasteiger partial charge in [0.1, 0.15) is 10.3 Å². The van der Waals surface area contributed by atoms with Crippen molar-refractivity contribution in [2.24, 2.45) is 0 Å². The van der Waals surface area contributed by atoms with Crippen molar-refractivity contribution in [3.05, 3.63) is 51.6 Å². The van der Waals surface area contributed by atoms with Gasteiger partial charge < -0.3 is 0 Å². The van der Waals surface area contributed by atoms with Gasteiger partial charge in [-0.2, -0.15) is 0 Å². The summed E-state index contributed by atoms with van der Waals surface area (Å²) in [7, 11) is 0. The van der Waals surface area contributed by atoms with E-state index in [1.807, 2.05) is 32.0 Å². The molecular weight excluding hydrogens is 348 g/mol. The van der Waals surface area contributed by atoms with Gasteiger partial charge in [0.2, 0.25) is 0 Å². The molecule has 4 nitrogen and oxygen atoms in total. The number of halogens is 1. The Kier molecular flexibility index (Phi) is 3.99. The van der Waals surface area contributed by atoms with Crippen LogP contribution in [0.15, 0.2) is 34.0 Å². The molecule has 0 aliphatic heterocycles. The highest BCUT2D eigenvalue weighted by molar-refractivity contribution is 9.10. The third kappa shape index (κ3) is 2.96. The smallest absolute Gasteiger partial charge is 0.188 e. The van der Waals surface area contributed by atoms with Crippen LogP contribution in [-0.4, -0.2) is 19.4 Å². The zero-order valence-corrected chi connectivity index (χ0v) is 14.5. The van der Waals surface area contributed by atoms with E-state index in [-0.39, 0.29) is 0 Å². The maximum atomic E-state index is 4.67. The van der Waals surface area contributed by atoms with Gasteiger partial charge >= 0.3 is 0 Å². The lowest BCUT2D eigenvalue weighted by Crippen LogP contribution is -1.94. The molecule has 0 unspecified atom stereocenters. The van der Waals surface area contributed by atoms with Gasteiger partial charge in [0.05, 0.1) is 5.69 Å². The number of fused-ring (bicyclic) bond motifs is 1. The van der Waals surface area contributed by atoms with E-state index in [9.17, 15) is 0 Å². The molecule has 0 atom stereocenters. The lowest BCUT2D eigenvalue weighted by atomic mass is 10.4. The SMILES string of the molecule is Cc1cc(C)nc(SCc2nc3cccc(C)n3c2Br)n1. The molecule has 0 radical (unpaired) electrons. The molecule has 0 bridgehead atoms. The van der Waals surface area contributed by atoms with Crippen molar-refractivity contribution >= 4 is 33.3 Å². The van der Waals surface area contributed by atoms with Crippen molar-refractivity contribution in [1.82, 2.24) is 19.4 Å². The maximum absolute atomic E-state index is 4.67. The average Bonchev–Trinajstić information content (AvgIpc) is 2.73. The summed E-state index contributed by atoms with van der Waals surface area (Å²) in [5.41, 5.74) is 5.12. The highest BCUT2D eigenvalue weighted by atomic mass is 79.9. The summed E-state index contributed by atoms with van der Waals surface area (Å²) in [5.74, 6) is 0.741. The van der Waals surface area contributed by atoms with Crippen LogP contribution in [0.5, 0.6) is 0 Å². The van der Waals surface area contributed by atoms with E-state index in [2.05, 4.69) is 48.3 Å². The first-order chi connectivity index (χ1) is 10.0. The third-order valence-electron chi connectivity index (χ3n) is 3.15. The van der Waals surface area contributed by atoms with Gasteiger partial charge in [0.15, 0.2) is 5.16 Å². The number of aryl methyl sites for hydroxylation is 3. The molecule has 3 heterocycles. The van der Waals surface area contributed by atoms with E-state index in [1.165, 1.54) is 0 Å². The van der Waals surface area contributed by atoms with Crippen molar-refractivity contribution in [3.63, 3.8) is 0 Å². The van der Waals surface area contributed by atoms with Crippen LogP contribution in [0.2, 0.25) is 0 Å². The molecule has 0 fully saturated rings. The summed E-state index contributed by atoms with van der Waals surface area (Å²) in [5, 5.41) is 0.799. The van der Waals surface area contributed by atoms with Crippen LogP contribution in [0.4, 0.5) is 0 Å². The Morgan fingerprint density at radius 3 is 2.48 bits per heavy atom. The standard InChI is InChI=1S/C15H15BrN4S/c1-9-7-10(2)18-15(17-9)21-8-12-14(16)20-11(3)5-4-6-13(20)19-12/h4-7H,8H2,1-3H3. The predicted molar refractivity (Wildman–Crippen MR) is 88.7 cm³/mol. The zero-order chi connectivity index (χ0) is 15.0. The minimum Gasteiger partial charge on any atom is -0.291 e. The molecule has 0 spiro atoms. The molecular formula is C15H15BrN4S. The maximum Gasteiger partial charge on any atom is 0.188 e. The Bertz CT molecular complexity index is 793. The minimum atomic E-state index is 0.741. The number of aromatic nitrogens is 4. The molecule has 0 saturated heterocycles. The number of pyridine rings is 1. The molecule has 3 rings (SSSR count). The second-order valence-corrected chi connectivity index (χ2v) is 6.63. The molecule has 0 aromatic carbocycles. The molecule has 0 N–H and O–H groups in total. The average molecular weight is 363 g/mol. The molecule has 0 aliphatic rings.